The molecule has 0 aromatic carbocycles. The average molecular weight is 481 g/mol. The number of hydrogen-bond donors (Lipinski definition) is 1. The first-order chi connectivity index (χ1) is 15.2. The Morgan fingerprint density at radius 1 is 1.16 bits per heavy atom. The number of aryl methyl sites for hydroxylation is 1. The lowest BCUT2D eigenvalue weighted by Gasteiger charge is -2.25. The van der Waals surface area contributed by atoms with Gasteiger partial charge in [0, 0.05) is 31.7 Å². The van der Waals surface area contributed by atoms with Crippen molar-refractivity contribution >= 4 is 27.6 Å². The van der Waals surface area contributed by atoms with E-state index >= 15 is 0 Å². The van der Waals surface area contributed by atoms with E-state index in [0.717, 1.165) is 18.4 Å². The van der Waals surface area contributed by atoms with Crippen molar-refractivity contribution in [3.63, 3.8) is 0 Å². The van der Waals surface area contributed by atoms with E-state index in [1.165, 1.54) is 12.4 Å². The van der Waals surface area contributed by atoms with Crippen molar-refractivity contribution in [2.45, 2.75) is 57.1 Å². The Hall–Kier alpha value is -2.57. The van der Waals surface area contributed by atoms with E-state index in [2.05, 4.69) is 30.0 Å². The fourth-order valence-corrected chi connectivity index (χ4v) is 4.49. The fourth-order valence-electron chi connectivity index (χ4n) is 3.30. The molecule has 1 N–H and O–H groups in total. The predicted molar refractivity (Wildman–Crippen MR) is 119 cm³/mol. The zero-order chi connectivity index (χ0) is 23.0. The number of nitrogens with one attached hydrogen (secondary N) is 1. The molecule has 1 aliphatic carbocycles. The number of hydrogen-bond acceptors (Lipinski definition) is 8. The molecule has 13 heteroatoms. The maximum atomic E-state index is 13.3. The first-order valence-electron chi connectivity index (χ1n) is 10.2. The summed E-state index contributed by atoms with van der Waals surface area (Å²) in [6.07, 6.45) is 7.02. The number of halogens is 1. The molecule has 2 atom stereocenters. The molecule has 3 aromatic rings. The number of ether oxygens (including phenoxy) is 1. The Morgan fingerprint density at radius 2 is 1.84 bits per heavy atom. The van der Waals surface area contributed by atoms with E-state index in [-0.39, 0.29) is 23.9 Å². The van der Waals surface area contributed by atoms with Crippen LogP contribution in [0.5, 0.6) is 0 Å². The minimum absolute atomic E-state index is 0.135. The van der Waals surface area contributed by atoms with Crippen molar-refractivity contribution in [2.24, 2.45) is 7.05 Å². The Morgan fingerprint density at radius 3 is 2.41 bits per heavy atom. The van der Waals surface area contributed by atoms with Gasteiger partial charge in [-0.1, -0.05) is 11.6 Å². The molecule has 0 radical (unpaired) electrons. The van der Waals surface area contributed by atoms with E-state index in [4.69, 9.17) is 16.3 Å². The van der Waals surface area contributed by atoms with Crippen LogP contribution in [0.25, 0.3) is 11.4 Å². The molecule has 11 nitrogen and oxygen atoms in total. The summed E-state index contributed by atoms with van der Waals surface area (Å²) in [6.45, 7) is 5.19. The van der Waals surface area contributed by atoms with Gasteiger partial charge in [-0.15, -0.1) is 10.2 Å². The molecule has 1 fully saturated rings. The van der Waals surface area contributed by atoms with Crippen molar-refractivity contribution in [2.75, 3.05) is 4.72 Å². The van der Waals surface area contributed by atoms with Gasteiger partial charge in [0.25, 0.3) is 0 Å². The average Bonchev–Trinajstić information content (AvgIpc) is 3.35. The lowest BCUT2D eigenvalue weighted by molar-refractivity contribution is 0.00154. The second-order valence-corrected chi connectivity index (χ2v) is 10.5. The fraction of sp³-hybridized carbons (Fsp3) is 0.526. The highest BCUT2D eigenvalue weighted by molar-refractivity contribution is 7.93. The molecule has 0 saturated heterocycles. The Labute approximate surface area is 191 Å². The quantitative estimate of drug-likeness (QED) is 0.494. The Kier molecular flexibility index (Phi) is 6.19. The Balaban J connectivity index is 1.64. The third-order valence-corrected chi connectivity index (χ3v) is 6.92. The van der Waals surface area contributed by atoms with Crippen LogP contribution in [0.15, 0.2) is 24.8 Å². The van der Waals surface area contributed by atoms with Gasteiger partial charge < -0.3 is 4.74 Å². The van der Waals surface area contributed by atoms with Crippen LogP contribution in [0.2, 0.25) is 5.02 Å². The maximum absolute atomic E-state index is 13.3. The molecule has 0 spiro atoms. The summed E-state index contributed by atoms with van der Waals surface area (Å²) in [7, 11) is -2.13. The van der Waals surface area contributed by atoms with Gasteiger partial charge in [0.05, 0.1) is 22.9 Å². The van der Waals surface area contributed by atoms with Gasteiger partial charge in [0.2, 0.25) is 16.0 Å². The van der Waals surface area contributed by atoms with Gasteiger partial charge in [0.1, 0.15) is 11.4 Å². The highest BCUT2D eigenvalue weighted by Crippen LogP contribution is 2.40. The monoisotopic (exact) mass is 480 g/mol. The molecule has 0 amide bonds. The van der Waals surface area contributed by atoms with Crippen molar-refractivity contribution in [3.05, 3.63) is 35.6 Å². The molecule has 1 aliphatic rings. The lowest BCUT2D eigenvalue weighted by atomic mass is 10.2. The summed E-state index contributed by atoms with van der Waals surface area (Å²) in [4.78, 5) is 8.34. The smallest absolute Gasteiger partial charge is 0.240 e. The minimum atomic E-state index is -3.94. The lowest BCUT2D eigenvalue weighted by Crippen LogP contribution is -2.35. The predicted octanol–water partition coefficient (Wildman–Crippen LogP) is 2.75. The maximum Gasteiger partial charge on any atom is 0.240 e. The van der Waals surface area contributed by atoms with Crippen LogP contribution in [0, 0.1) is 0 Å². The summed E-state index contributed by atoms with van der Waals surface area (Å²) >= 11 is 5.89. The van der Waals surface area contributed by atoms with Crippen LogP contribution in [-0.4, -0.2) is 54.3 Å². The first-order valence-corrected chi connectivity index (χ1v) is 12.2. The highest BCUT2D eigenvalue weighted by atomic mass is 35.5. The van der Waals surface area contributed by atoms with Crippen LogP contribution in [0.3, 0.4) is 0 Å². The largest absolute Gasteiger partial charge is 0.366 e. The summed E-state index contributed by atoms with van der Waals surface area (Å²) in [5.41, 5.74) is 0.765. The SMILES string of the molecule is CC(C)OC(c1ncc(Cl)cn1)C(C)S(=O)(=O)Nc1nnc(-c2cnn(C)c2)n1C1CC1. The molecule has 172 valence electrons. The number of anilines is 1. The molecule has 0 bridgehead atoms. The third kappa shape index (κ3) is 4.76. The van der Waals surface area contributed by atoms with Crippen molar-refractivity contribution in [1.29, 1.82) is 0 Å². The molecule has 1 saturated carbocycles. The second-order valence-electron chi connectivity index (χ2n) is 8.07. The van der Waals surface area contributed by atoms with Crippen molar-refractivity contribution in [3.8, 4) is 11.4 Å². The number of nitrogens with zero attached hydrogens (tertiary/aromatic N) is 7. The molecular weight excluding hydrogens is 456 g/mol. The Bertz CT molecular complexity index is 1190. The van der Waals surface area contributed by atoms with Gasteiger partial charge >= 0.3 is 0 Å². The zero-order valence-corrected chi connectivity index (χ0v) is 19.7. The topological polar surface area (TPSA) is 130 Å². The highest BCUT2D eigenvalue weighted by Gasteiger charge is 2.37. The molecule has 0 aliphatic heterocycles. The van der Waals surface area contributed by atoms with Gasteiger partial charge in [-0.05, 0) is 33.6 Å². The van der Waals surface area contributed by atoms with E-state index < -0.39 is 21.4 Å². The van der Waals surface area contributed by atoms with Gasteiger partial charge in [-0.2, -0.15) is 5.10 Å². The van der Waals surface area contributed by atoms with E-state index in [0.29, 0.717) is 10.8 Å². The zero-order valence-electron chi connectivity index (χ0n) is 18.2. The molecule has 32 heavy (non-hydrogen) atoms. The van der Waals surface area contributed by atoms with E-state index in [1.807, 2.05) is 24.6 Å². The standard InChI is InChI=1S/C19H25ClN8O3S/c1-11(2)31-16(17-21-8-14(20)9-22-17)12(3)32(29,30)26-19-25-24-18(28(19)15-5-6-15)13-7-23-27(4)10-13/h7-12,15-16H,5-6H2,1-4H3,(H,25,26). The number of sulfonamides is 1. The molecule has 3 heterocycles. The van der Waals surface area contributed by atoms with Crippen LogP contribution in [0.4, 0.5) is 5.95 Å². The van der Waals surface area contributed by atoms with Crippen molar-refractivity contribution in [1.82, 2.24) is 34.5 Å². The number of aromatic nitrogens is 7. The first kappa shape index (κ1) is 22.6. The summed E-state index contributed by atoms with van der Waals surface area (Å²) in [5.74, 6) is 0.973. The summed E-state index contributed by atoms with van der Waals surface area (Å²) in [5, 5.41) is 11.9. The molecule has 2 unspecified atom stereocenters. The van der Waals surface area contributed by atoms with Crippen LogP contribution in [0.1, 0.15) is 51.6 Å². The third-order valence-electron chi connectivity index (χ3n) is 5.03. The molecule has 4 rings (SSSR count). The molecule has 3 aromatic heterocycles. The second kappa shape index (κ2) is 8.75. The van der Waals surface area contributed by atoms with E-state index in [9.17, 15) is 8.42 Å². The summed E-state index contributed by atoms with van der Waals surface area (Å²) in [6, 6.07) is 0.135. The normalized spacial score (nSPS) is 16.3. The number of rotatable bonds is 9. The molecular formula is C19H25ClN8O3S. The minimum Gasteiger partial charge on any atom is -0.366 e. The van der Waals surface area contributed by atoms with Crippen LogP contribution in [-0.2, 0) is 21.8 Å². The van der Waals surface area contributed by atoms with Gasteiger partial charge in [0.15, 0.2) is 11.6 Å². The van der Waals surface area contributed by atoms with Crippen LogP contribution < -0.4 is 4.72 Å². The van der Waals surface area contributed by atoms with Crippen molar-refractivity contribution < 1.29 is 13.2 Å². The van der Waals surface area contributed by atoms with Gasteiger partial charge in [-0.3, -0.25) is 14.0 Å². The van der Waals surface area contributed by atoms with Crippen LogP contribution >= 0.6 is 11.6 Å². The summed E-state index contributed by atoms with van der Waals surface area (Å²) < 4.78 is 38.7. The van der Waals surface area contributed by atoms with Gasteiger partial charge in [-0.25, -0.2) is 18.4 Å². The van der Waals surface area contributed by atoms with E-state index in [1.54, 1.807) is 24.9 Å².